The number of hydrogen-bond acceptors (Lipinski definition) is 0. The second kappa shape index (κ2) is 29.0. The first-order valence-corrected chi connectivity index (χ1v) is 11.8. The van der Waals surface area contributed by atoms with Crippen molar-refractivity contribution in [2.45, 2.75) is 0 Å². The van der Waals surface area contributed by atoms with Crippen molar-refractivity contribution in [3.63, 3.8) is 0 Å². The summed E-state index contributed by atoms with van der Waals surface area (Å²) in [5.41, 5.74) is 0. The van der Waals surface area contributed by atoms with E-state index in [0.717, 1.165) is 0 Å². The molecule has 3 aromatic carbocycles. The first kappa shape index (κ1) is 35.3. The summed E-state index contributed by atoms with van der Waals surface area (Å²) in [5, 5.41) is 0. The third kappa shape index (κ3) is 13.9. The molecule has 0 fully saturated rings. The Hall–Kier alpha value is -2.18. The Labute approximate surface area is 197 Å². The molecule has 0 aliphatic rings. The van der Waals surface area contributed by atoms with Gasteiger partial charge in [-0.15, -0.1) is 0 Å². The van der Waals surface area contributed by atoms with E-state index < -0.39 is 19.8 Å². The minimum absolute atomic E-state index is 0. The fraction of sp³-hybridized carbons (Fsp3) is 0. The summed E-state index contributed by atoms with van der Waals surface area (Å²) in [4.78, 5) is 0. The second-order valence-corrected chi connectivity index (χ2v) is 11.6. The normalized spacial score (nSPS) is 7.03. The summed E-state index contributed by atoms with van der Waals surface area (Å²) >= 11 is -1.98. The molecule has 0 aromatic heterocycles. The molecule has 0 aliphatic heterocycles. The monoisotopic (exact) mass is 678 g/mol. The van der Waals surface area contributed by atoms with Gasteiger partial charge in [0.1, 0.15) is 0 Å². The Kier molecular flexibility index (Phi) is 34.1. The molecule has 3 rings (SSSR count). The van der Waals surface area contributed by atoms with E-state index in [1.54, 1.807) is 0 Å². The molecule has 0 unspecified atom stereocenters. The first-order chi connectivity index (χ1) is 14.4. The van der Waals surface area contributed by atoms with Crippen molar-refractivity contribution in [1.29, 1.82) is 0 Å². The van der Waals surface area contributed by atoms with Crippen molar-refractivity contribution < 1.29 is 43.7 Å². The van der Waals surface area contributed by atoms with Crippen LogP contribution in [0.2, 0.25) is 0 Å². The van der Waals surface area contributed by atoms with Crippen LogP contribution in [-0.4, -0.2) is 19.8 Å². The summed E-state index contributed by atoms with van der Waals surface area (Å²) in [6, 6.07) is 32.9. The van der Waals surface area contributed by atoms with Crippen LogP contribution in [-0.2, 0) is 43.7 Å². The zero-order valence-corrected chi connectivity index (χ0v) is 21.1. The predicted octanol–water partition coefficient (Wildman–Crippen LogP) is 2.01. The first-order valence-electron chi connectivity index (χ1n) is 7.50. The SMILES string of the molecule is [C-]#[O+].[C-]#[O+].[C-]#[O+].[C-]#[O+].[C-]#[O+].[Re].c1cc[c]([Sn]([c]2ccccc2)[c]2ccccc2)cc1. The van der Waals surface area contributed by atoms with Crippen LogP contribution in [0.25, 0.3) is 0 Å². The van der Waals surface area contributed by atoms with Crippen molar-refractivity contribution in [3.8, 4) is 0 Å². The topological polar surface area (TPSA) is 99.5 Å². The van der Waals surface area contributed by atoms with E-state index in [4.69, 9.17) is 23.3 Å². The molecule has 0 saturated heterocycles. The van der Waals surface area contributed by atoms with Gasteiger partial charge in [0, 0.05) is 20.4 Å². The van der Waals surface area contributed by atoms with Crippen LogP contribution in [0.15, 0.2) is 91.0 Å². The van der Waals surface area contributed by atoms with Crippen molar-refractivity contribution >= 4 is 30.5 Å². The van der Waals surface area contributed by atoms with Crippen LogP contribution in [0.5, 0.6) is 0 Å². The van der Waals surface area contributed by atoms with Crippen molar-refractivity contribution in [2.75, 3.05) is 0 Å². The molecule has 0 aliphatic carbocycles. The fourth-order valence-corrected chi connectivity index (χ4v) is 9.67. The van der Waals surface area contributed by atoms with E-state index in [1.807, 2.05) is 0 Å². The molecule has 7 heteroatoms. The van der Waals surface area contributed by atoms with E-state index in [9.17, 15) is 0 Å². The molecule has 2 radical (unpaired) electrons. The maximum absolute atomic E-state index is 7.50. The zero-order valence-electron chi connectivity index (χ0n) is 15.6. The molecule has 0 atom stereocenters. The maximum atomic E-state index is 7.50. The second-order valence-electron chi connectivity index (χ2n) is 4.47. The van der Waals surface area contributed by atoms with Gasteiger partial charge in [-0.25, -0.2) is 0 Å². The standard InChI is InChI=1S/3C6H5.5CO.Re.Sn/c3*1-2-4-6-5-3-1;5*1-2;;/h3*1-5H;;;;;;;. The third-order valence-corrected chi connectivity index (χ3v) is 11.0. The molecule has 3 aromatic rings. The fourth-order valence-electron chi connectivity index (χ4n) is 2.31. The van der Waals surface area contributed by atoms with Gasteiger partial charge in [-0.2, -0.15) is 0 Å². The van der Waals surface area contributed by atoms with Gasteiger partial charge in [-0.05, 0) is 0 Å². The van der Waals surface area contributed by atoms with E-state index in [0.29, 0.717) is 0 Å². The molecule has 148 valence electrons. The molecule has 30 heavy (non-hydrogen) atoms. The Morgan fingerprint density at radius 1 is 0.367 bits per heavy atom. The van der Waals surface area contributed by atoms with Gasteiger partial charge < -0.3 is 0 Å². The average Bonchev–Trinajstić information content (AvgIpc) is 2.88. The third-order valence-electron chi connectivity index (χ3n) is 3.19. The Morgan fingerprint density at radius 2 is 0.533 bits per heavy atom. The van der Waals surface area contributed by atoms with Crippen LogP contribution in [0.3, 0.4) is 0 Å². The quantitative estimate of drug-likeness (QED) is 0.231. The summed E-state index contributed by atoms with van der Waals surface area (Å²) in [5.74, 6) is 0. The molecule has 0 amide bonds. The van der Waals surface area contributed by atoms with Gasteiger partial charge >= 0.3 is 178 Å². The van der Waals surface area contributed by atoms with Gasteiger partial charge in [-0.3, -0.25) is 0 Å². The summed E-state index contributed by atoms with van der Waals surface area (Å²) in [6.07, 6.45) is 0. The van der Waals surface area contributed by atoms with E-state index in [-0.39, 0.29) is 20.4 Å². The van der Waals surface area contributed by atoms with Crippen LogP contribution in [0.1, 0.15) is 0 Å². The average molecular weight is 676 g/mol. The van der Waals surface area contributed by atoms with E-state index in [1.165, 1.54) is 10.7 Å². The van der Waals surface area contributed by atoms with E-state index >= 15 is 0 Å². The summed E-state index contributed by atoms with van der Waals surface area (Å²) in [6.45, 7) is 22.5. The van der Waals surface area contributed by atoms with Crippen LogP contribution < -0.4 is 10.7 Å². The number of hydrogen-bond donors (Lipinski definition) is 0. The van der Waals surface area contributed by atoms with Gasteiger partial charge in [0.2, 0.25) is 0 Å². The van der Waals surface area contributed by atoms with Gasteiger partial charge in [0.15, 0.2) is 0 Å². The molecule has 0 saturated carbocycles. The van der Waals surface area contributed by atoms with Gasteiger partial charge in [-0.1, -0.05) is 0 Å². The predicted molar refractivity (Wildman–Crippen MR) is 104 cm³/mol. The van der Waals surface area contributed by atoms with Crippen molar-refractivity contribution in [2.24, 2.45) is 0 Å². The molecule has 0 bridgehead atoms. The molecule has 5 nitrogen and oxygen atoms in total. The zero-order chi connectivity index (χ0) is 22.9. The van der Waals surface area contributed by atoms with Gasteiger partial charge in [0.25, 0.3) is 0 Å². The molecule has 0 heterocycles. The van der Waals surface area contributed by atoms with Crippen LogP contribution in [0, 0.1) is 33.3 Å². The Balaban J connectivity index is -0.000000271. The van der Waals surface area contributed by atoms with Gasteiger partial charge in [0.05, 0.1) is 0 Å². The van der Waals surface area contributed by atoms with Crippen molar-refractivity contribution in [3.05, 3.63) is 124 Å². The Bertz CT molecular complexity index is 716. The summed E-state index contributed by atoms with van der Waals surface area (Å²) in [7, 11) is 0. The molecular formula is C23H15O5ReSn. The van der Waals surface area contributed by atoms with Crippen molar-refractivity contribution in [1.82, 2.24) is 0 Å². The molecular weight excluding hydrogens is 661 g/mol. The number of benzene rings is 3. The van der Waals surface area contributed by atoms with Crippen LogP contribution >= 0.6 is 0 Å². The van der Waals surface area contributed by atoms with Crippen LogP contribution in [0.4, 0.5) is 0 Å². The Morgan fingerprint density at radius 3 is 0.700 bits per heavy atom. The number of rotatable bonds is 3. The minimum atomic E-state index is -1.98. The summed E-state index contributed by atoms with van der Waals surface area (Å²) < 4.78 is 42.1. The van der Waals surface area contributed by atoms with E-state index in [2.05, 4.69) is 124 Å². The molecule has 0 N–H and O–H groups in total. The molecule has 0 spiro atoms.